The van der Waals surface area contributed by atoms with Crippen LogP contribution >= 0.6 is 0 Å². The summed E-state index contributed by atoms with van der Waals surface area (Å²) in [4.78, 5) is 24.0. The number of rotatable bonds is 7. The van der Waals surface area contributed by atoms with Crippen LogP contribution in [0.1, 0.15) is 16.1 Å². The SMILES string of the molecule is Cc1cccc(NC(=O)c2cc(NCCN(C)C)nc(-c3ccccc3)n2)c1. The van der Waals surface area contributed by atoms with Crippen LogP contribution < -0.4 is 10.6 Å². The number of nitrogens with zero attached hydrogens (tertiary/aromatic N) is 3. The van der Waals surface area contributed by atoms with E-state index in [-0.39, 0.29) is 5.91 Å². The van der Waals surface area contributed by atoms with E-state index in [1.165, 1.54) is 0 Å². The lowest BCUT2D eigenvalue weighted by Gasteiger charge is -2.13. The molecule has 6 nitrogen and oxygen atoms in total. The summed E-state index contributed by atoms with van der Waals surface area (Å²) in [5.74, 6) is 0.885. The van der Waals surface area contributed by atoms with Crippen molar-refractivity contribution in [3.8, 4) is 11.4 Å². The fourth-order valence-electron chi connectivity index (χ4n) is 2.70. The van der Waals surface area contributed by atoms with E-state index in [1.54, 1.807) is 6.07 Å². The monoisotopic (exact) mass is 375 g/mol. The first kappa shape index (κ1) is 19.5. The number of carbonyl (C=O) groups is 1. The van der Waals surface area contributed by atoms with Gasteiger partial charge in [-0.3, -0.25) is 4.79 Å². The Morgan fingerprint density at radius 3 is 2.50 bits per heavy atom. The van der Waals surface area contributed by atoms with Crippen LogP contribution in [0, 0.1) is 6.92 Å². The van der Waals surface area contributed by atoms with Crippen LogP contribution in [-0.4, -0.2) is 48.0 Å². The Morgan fingerprint density at radius 2 is 1.79 bits per heavy atom. The third-order valence-corrected chi connectivity index (χ3v) is 4.13. The fraction of sp³-hybridized carbons (Fsp3) is 0.227. The molecule has 2 N–H and O–H groups in total. The first-order chi connectivity index (χ1) is 13.5. The Hall–Kier alpha value is -3.25. The van der Waals surface area contributed by atoms with Gasteiger partial charge in [-0.2, -0.15) is 0 Å². The molecule has 0 saturated heterocycles. The van der Waals surface area contributed by atoms with Gasteiger partial charge in [0.05, 0.1) is 0 Å². The molecule has 1 heterocycles. The molecule has 1 amide bonds. The summed E-state index contributed by atoms with van der Waals surface area (Å²) in [6.45, 7) is 3.56. The number of aromatic nitrogens is 2. The Balaban J connectivity index is 1.88. The van der Waals surface area contributed by atoms with Crippen LogP contribution in [0.5, 0.6) is 0 Å². The molecule has 0 atom stereocenters. The van der Waals surface area contributed by atoms with Crippen LogP contribution in [0.25, 0.3) is 11.4 Å². The summed E-state index contributed by atoms with van der Waals surface area (Å²) in [6, 6.07) is 19.0. The molecular formula is C22H25N5O. The molecule has 0 bridgehead atoms. The summed E-state index contributed by atoms with van der Waals surface area (Å²) >= 11 is 0. The molecule has 3 rings (SSSR count). The second kappa shape index (κ2) is 9.10. The average molecular weight is 375 g/mol. The van der Waals surface area contributed by atoms with E-state index in [2.05, 4.69) is 25.5 Å². The molecule has 0 saturated carbocycles. The second-order valence-electron chi connectivity index (χ2n) is 6.88. The predicted molar refractivity (Wildman–Crippen MR) is 114 cm³/mol. The average Bonchev–Trinajstić information content (AvgIpc) is 2.68. The largest absolute Gasteiger partial charge is 0.369 e. The van der Waals surface area contributed by atoms with E-state index in [0.717, 1.165) is 29.9 Å². The normalized spacial score (nSPS) is 10.7. The van der Waals surface area contributed by atoms with E-state index in [1.807, 2.05) is 75.6 Å². The van der Waals surface area contributed by atoms with E-state index in [9.17, 15) is 4.79 Å². The molecule has 0 radical (unpaired) electrons. The van der Waals surface area contributed by atoms with E-state index < -0.39 is 0 Å². The van der Waals surface area contributed by atoms with Crippen LogP contribution in [0.4, 0.5) is 11.5 Å². The molecule has 0 aliphatic heterocycles. The Labute approximate surface area is 165 Å². The minimum absolute atomic E-state index is 0.263. The molecule has 0 aliphatic carbocycles. The van der Waals surface area contributed by atoms with Crippen molar-refractivity contribution in [2.24, 2.45) is 0 Å². The third kappa shape index (κ3) is 5.37. The summed E-state index contributed by atoms with van der Waals surface area (Å²) in [6.07, 6.45) is 0. The Kier molecular flexibility index (Phi) is 6.34. The number of nitrogens with one attached hydrogen (secondary N) is 2. The van der Waals surface area contributed by atoms with Crippen molar-refractivity contribution >= 4 is 17.4 Å². The lowest BCUT2D eigenvalue weighted by Crippen LogP contribution is -2.22. The van der Waals surface area contributed by atoms with Crippen molar-refractivity contribution in [3.63, 3.8) is 0 Å². The van der Waals surface area contributed by atoms with E-state index >= 15 is 0 Å². The van der Waals surface area contributed by atoms with Crippen molar-refractivity contribution in [2.75, 3.05) is 37.8 Å². The molecule has 28 heavy (non-hydrogen) atoms. The molecule has 2 aromatic carbocycles. The van der Waals surface area contributed by atoms with Gasteiger partial charge in [-0.1, -0.05) is 42.5 Å². The van der Waals surface area contributed by atoms with E-state index in [0.29, 0.717) is 17.3 Å². The Morgan fingerprint density at radius 1 is 1.00 bits per heavy atom. The van der Waals surface area contributed by atoms with Gasteiger partial charge in [-0.15, -0.1) is 0 Å². The first-order valence-corrected chi connectivity index (χ1v) is 9.22. The predicted octanol–water partition coefficient (Wildman–Crippen LogP) is 3.68. The zero-order valence-corrected chi connectivity index (χ0v) is 16.4. The maximum absolute atomic E-state index is 12.8. The van der Waals surface area contributed by atoms with Gasteiger partial charge in [0.15, 0.2) is 5.82 Å². The molecular weight excluding hydrogens is 350 g/mol. The maximum Gasteiger partial charge on any atom is 0.274 e. The number of hydrogen-bond donors (Lipinski definition) is 2. The second-order valence-corrected chi connectivity index (χ2v) is 6.88. The van der Waals surface area contributed by atoms with Crippen molar-refractivity contribution < 1.29 is 4.79 Å². The molecule has 0 spiro atoms. The highest BCUT2D eigenvalue weighted by molar-refractivity contribution is 6.03. The Bertz CT molecular complexity index is 941. The number of benzene rings is 2. The minimum atomic E-state index is -0.263. The van der Waals surface area contributed by atoms with E-state index in [4.69, 9.17) is 0 Å². The molecule has 144 valence electrons. The highest BCUT2D eigenvalue weighted by Crippen LogP contribution is 2.19. The highest BCUT2D eigenvalue weighted by Gasteiger charge is 2.13. The zero-order valence-electron chi connectivity index (χ0n) is 16.4. The topological polar surface area (TPSA) is 70.2 Å². The van der Waals surface area contributed by atoms with Crippen molar-refractivity contribution in [1.82, 2.24) is 14.9 Å². The minimum Gasteiger partial charge on any atom is -0.369 e. The van der Waals surface area contributed by atoms with Gasteiger partial charge >= 0.3 is 0 Å². The van der Waals surface area contributed by atoms with Crippen LogP contribution in [-0.2, 0) is 0 Å². The van der Waals surface area contributed by atoms with Gasteiger partial charge in [0.1, 0.15) is 11.5 Å². The molecule has 0 aliphatic rings. The molecule has 3 aromatic rings. The number of carbonyl (C=O) groups excluding carboxylic acids is 1. The fourth-order valence-corrected chi connectivity index (χ4v) is 2.70. The number of anilines is 2. The smallest absolute Gasteiger partial charge is 0.274 e. The standard InChI is InChI=1S/C22H25N5O/c1-16-8-7-11-18(14-16)24-22(28)19-15-20(23-12-13-27(2)3)26-21(25-19)17-9-5-4-6-10-17/h4-11,14-15H,12-13H2,1-3H3,(H,24,28)(H,23,25,26). The van der Waals surface area contributed by atoms with Gasteiger partial charge < -0.3 is 15.5 Å². The van der Waals surface area contributed by atoms with Gasteiger partial charge in [0.25, 0.3) is 5.91 Å². The summed E-state index contributed by atoms with van der Waals surface area (Å²) in [5, 5.41) is 6.20. The zero-order chi connectivity index (χ0) is 19.9. The molecule has 0 fully saturated rings. The number of amides is 1. The lowest BCUT2D eigenvalue weighted by molar-refractivity contribution is 0.102. The van der Waals surface area contributed by atoms with Crippen LogP contribution in [0.15, 0.2) is 60.7 Å². The summed E-state index contributed by atoms with van der Waals surface area (Å²) in [5.41, 5.74) is 3.01. The van der Waals surface area contributed by atoms with Crippen LogP contribution in [0.2, 0.25) is 0 Å². The summed E-state index contributed by atoms with van der Waals surface area (Å²) in [7, 11) is 4.02. The van der Waals surface area contributed by atoms with Gasteiger partial charge in [-0.05, 0) is 38.7 Å². The van der Waals surface area contributed by atoms with Crippen molar-refractivity contribution in [3.05, 3.63) is 71.9 Å². The maximum atomic E-state index is 12.8. The van der Waals surface area contributed by atoms with Crippen LogP contribution in [0.3, 0.4) is 0 Å². The highest BCUT2D eigenvalue weighted by atomic mass is 16.1. The lowest BCUT2D eigenvalue weighted by atomic mass is 10.2. The van der Waals surface area contributed by atoms with Gasteiger partial charge in [-0.25, -0.2) is 9.97 Å². The first-order valence-electron chi connectivity index (χ1n) is 9.22. The van der Waals surface area contributed by atoms with Crippen molar-refractivity contribution in [2.45, 2.75) is 6.92 Å². The van der Waals surface area contributed by atoms with Gasteiger partial charge in [0.2, 0.25) is 0 Å². The molecule has 6 heteroatoms. The number of hydrogen-bond acceptors (Lipinski definition) is 5. The van der Waals surface area contributed by atoms with Gasteiger partial charge in [0, 0.05) is 30.4 Å². The number of aryl methyl sites for hydroxylation is 1. The molecule has 1 aromatic heterocycles. The molecule has 0 unspecified atom stereocenters. The number of likely N-dealkylation sites (N-methyl/N-ethyl adjacent to an activating group) is 1. The quantitative estimate of drug-likeness (QED) is 0.659. The third-order valence-electron chi connectivity index (χ3n) is 4.13. The van der Waals surface area contributed by atoms with Crippen molar-refractivity contribution in [1.29, 1.82) is 0 Å². The summed E-state index contributed by atoms with van der Waals surface area (Å²) < 4.78 is 0.